The Hall–Kier alpha value is -2.52. The molecule has 0 radical (unpaired) electrons. The summed E-state index contributed by atoms with van der Waals surface area (Å²) < 4.78 is 4.53. The van der Waals surface area contributed by atoms with Crippen LogP contribution < -0.4 is 4.90 Å². The van der Waals surface area contributed by atoms with Gasteiger partial charge in [-0.2, -0.15) is 0 Å². The first-order valence-corrected chi connectivity index (χ1v) is 7.28. The van der Waals surface area contributed by atoms with E-state index in [0.29, 0.717) is 5.12 Å². The number of hydrogen-bond acceptors (Lipinski definition) is 7. The van der Waals surface area contributed by atoms with Crippen LogP contribution in [0.25, 0.3) is 0 Å². The summed E-state index contributed by atoms with van der Waals surface area (Å²) in [5, 5.41) is 7.06. The molecule has 24 heavy (non-hydrogen) atoms. The van der Waals surface area contributed by atoms with Crippen LogP contribution in [0.15, 0.2) is 28.6 Å². The third-order valence-electron chi connectivity index (χ3n) is 3.67. The first kappa shape index (κ1) is 16.3. The molecular formula is C13H8Cl2N4O5. The summed E-state index contributed by atoms with van der Waals surface area (Å²) in [4.78, 5) is 48.7. The van der Waals surface area contributed by atoms with E-state index in [-0.39, 0.29) is 21.4 Å². The average molecular weight is 371 g/mol. The van der Waals surface area contributed by atoms with Gasteiger partial charge < -0.3 is 4.74 Å². The molecule has 2 atom stereocenters. The lowest BCUT2D eigenvalue weighted by Gasteiger charge is -2.17. The molecule has 0 bridgehead atoms. The van der Waals surface area contributed by atoms with Crippen LogP contribution in [0.3, 0.4) is 0 Å². The number of benzene rings is 1. The summed E-state index contributed by atoms with van der Waals surface area (Å²) in [5.74, 6) is -3.70. The summed E-state index contributed by atoms with van der Waals surface area (Å²) in [6.45, 7) is 0. The first-order chi connectivity index (χ1) is 11.4. The van der Waals surface area contributed by atoms with Gasteiger partial charge in [-0.1, -0.05) is 23.2 Å². The van der Waals surface area contributed by atoms with Crippen molar-refractivity contribution in [2.45, 2.75) is 6.04 Å². The van der Waals surface area contributed by atoms with E-state index in [1.165, 1.54) is 18.2 Å². The third kappa shape index (κ3) is 2.24. The molecule has 0 spiro atoms. The highest BCUT2D eigenvalue weighted by molar-refractivity contribution is 6.47. The molecule has 124 valence electrons. The first-order valence-electron chi connectivity index (χ1n) is 6.53. The monoisotopic (exact) mass is 370 g/mol. The number of fused-ring (bicyclic) bond motifs is 1. The lowest BCUT2D eigenvalue weighted by molar-refractivity contribution is -0.133. The Morgan fingerprint density at radius 1 is 1.25 bits per heavy atom. The minimum Gasteiger partial charge on any atom is -0.464 e. The zero-order valence-corrected chi connectivity index (χ0v) is 13.5. The molecule has 2 heterocycles. The summed E-state index contributed by atoms with van der Waals surface area (Å²) in [5.41, 5.74) is -0.202. The third-order valence-corrected chi connectivity index (χ3v) is 4.41. The highest BCUT2D eigenvalue weighted by Gasteiger charge is 2.59. The fourth-order valence-corrected chi connectivity index (χ4v) is 2.90. The SMILES string of the molecule is COC(=O)C1=NN(N=O)C2C(=O)N(c3ccc(Cl)c(Cl)c3)C(=O)C12. The van der Waals surface area contributed by atoms with Crippen molar-refractivity contribution in [1.29, 1.82) is 0 Å². The number of hydrazone groups is 1. The summed E-state index contributed by atoms with van der Waals surface area (Å²) in [6, 6.07) is 2.82. The maximum absolute atomic E-state index is 12.7. The molecule has 0 saturated carbocycles. The normalized spacial score (nSPS) is 22.5. The lowest BCUT2D eigenvalue weighted by Crippen LogP contribution is -2.36. The Morgan fingerprint density at radius 2 is 1.96 bits per heavy atom. The largest absolute Gasteiger partial charge is 0.464 e. The van der Waals surface area contributed by atoms with Crippen molar-refractivity contribution >= 4 is 52.4 Å². The number of hydrogen-bond donors (Lipinski definition) is 0. The number of esters is 1. The van der Waals surface area contributed by atoms with Crippen LogP contribution in [-0.2, 0) is 19.1 Å². The quantitative estimate of drug-likeness (QED) is 0.451. The Morgan fingerprint density at radius 3 is 2.54 bits per heavy atom. The fourth-order valence-electron chi connectivity index (χ4n) is 2.61. The van der Waals surface area contributed by atoms with E-state index >= 15 is 0 Å². The molecule has 2 aliphatic rings. The maximum Gasteiger partial charge on any atom is 0.355 e. The number of nitroso groups, excluding NO2 is 1. The molecule has 1 aromatic carbocycles. The van der Waals surface area contributed by atoms with Gasteiger partial charge in [-0.25, -0.2) is 9.69 Å². The molecule has 0 N–H and O–H groups in total. The summed E-state index contributed by atoms with van der Waals surface area (Å²) in [7, 11) is 1.09. The number of nitrogens with zero attached hydrogens (tertiary/aromatic N) is 4. The summed E-state index contributed by atoms with van der Waals surface area (Å²) >= 11 is 11.7. The number of rotatable bonds is 3. The highest BCUT2D eigenvalue weighted by atomic mass is 35.5. The molecular weight excluding hydrogens is 363 g/mol. The number of carbonyl (C=O) groups is 3. The second kappa shape index (κ2) is 5.84. The van der Waals surface area contributed by atoms with Crippen molar-refractivity contribution in [1.82, 2.24) is 5.12 Å². The average Bonchev–Trinajstić information content (AvgIpc) is 3.07. The van der Waals surface area contributed by atoms with Crippen LogP contribution in [0.4, 0.5) is 5.69 Å². The number of ether oxygens (including phenoxy) is 1. The van der Waals surface area contributed by atoms with Crippen LogP contribution in [0.2, 0.25) is 10.0 Å². The van der Waals surface area contributed by atoms with Gasteiger partial charge in [0.1, 0.15) is 5.92 Å². The summed E-state index contributed by atoms with van der Waals surface area (Å²) in [6.07, 6.45) is 0. The van der Waals surface area contributed by atoms with Gasteiger partial charge in [-0.15, -0.1) is 15.1 Å². The van der Waals surface area contributed by atoms with Crippen LogP contribution >= 0.6 is 23.2 Å². The second-order valence-electron chi connectivity index (χ2n) is 4.91. The van der Waals surface area contributed by atoms with Gasteiger partial charge >= 0.3 is 5.97 Å². The molecule has 2 aliphatic heterocycles. The standard InChI is InChI=1S/C13H8Cl2N4O5/c1-24-13(22)9-8-10(19(16-9)17-23)12(21)18(11(8)20)5-2-3-6(14)7(15)4-5/h2-4,8,10H,1H3. The molecule has 2 unspecified atom stereocenters. The van der Waals surface area contributed by atoms with E-state index in [1.807, 2.05) is 0 Å². The van der Waals surface area contributed by atoms with E-state index in [4.69, 9.17) is 23.2 Å². The Balaban J connectivity index is 2.05. The van der Waals surface area contributed by atoms with E-state index in [2.05, 4.69) is 15.1 Å². The predicted molar refractivity (Wildman–Crippen MR) is 83.3 cm³/mol. The molecule has 1 fully saturated rings. The van der Waals surface area contributed by atoms with E-state index in [9.17, 15) is 19.3 Å². The van der Waals surface area contributed by atoms with E-state index < -0.39 is 29.7 Å². The van der Waals surface area contributed by atoms with Crippen molar-refractivity contribution < 1.29 is 19.1 Å². The topological polar surface area (TPSA) is 109 Å². The van der Waals surface area contributed by atoms with Gasteiger partial charge in [-0.3, -0.25) is 9.59 Å². The van der Waals surface area contributed by atoms with Crippen molar-refractivity contribution in [2.24, 2.45) is 16.3 Å². The van der Waals surface area contributed by atoms with Gasteiger partial charge in [0.15, 0.2) is 11.8 Å². The molecule has 1 saturated heterocycles. The van der Waals surface area contributed by atoms with E-state index in [1.54, 1.807) is 0 Å². The predicted octanol–water partition coefficient (Wildman–Crippen LogP) is 1.38. The smallest absolute Gasteiger partial charge is 0.355 e. The number of anilines is 1. The number of halogens is 2. The number of amides is 2. The molecule has 0 aromatic heterocycles. The van der Waals surface area contributed by atoms with Crippen LogP contribution in [-0.4, -0.2) is 41.8 Å². The van der Waals surface area contributed by atoms with Gasteiger partial charge in [0.05, 0.1) is 28.1 Å². The van der Waals surface area contributed by atoms with Crippen molar-refractivity contribution in [3.63, 3.8) is 0 Å². The minimum atomic E-state index is -1.33. The van der Waals surface area contributed by atoms with Crippen LogP contribution in [0.5, 0.6) is 0 Å². The number of methoxy groups -OCH3 is 1. The second-order valence-corrected chi connectivity index (χ2v) is 5.73. The molecule has 9 nitrogen and oxygen atoms in total. The highest BCUT2D eigenvalue weighted by Crippen LogP contribution is 2.37. The minimum absolute atomic E-state index is 0.138. The van der Waals surface area contributed by atoms with Crippen LogP contribution in [0, 0.1) is 10.8 Å². The van der Waals surface area contributed by atoms with Crippen molar-refractivity contribution in [3.05, 3.63) is 33.2 Å². The Bertz CT molecular complexity index is 812. The van der Waals surface area contributed by atoms with Crippen molar-refractivity contribution in [2.75, 3.05) is 12.0 Å². The van der Waals surface area contributed by atoms with Gasteiger partial charge in [0, 0.05) is 0 Å². The maximum atomic E-state index is 12.7. The Labute approximate surface area is 144 Å². The molecule has 0 aliphatic carbocycles. The fraction of sp³-hybridized carbons (Fsp3) is 0.231. The van der Waals surface area contributed by atoms with Crippen LogP contribution in [0.1, 0.15) is 0 Å². The Kier molecular flexibility index (Phi) is 3.98. The lowest BCUT2D eigenvalue weighted by atomic mass is 9.98. The molecule has 11 heteroatoms. The van der Waals surface area contributed by atoms with Gasteiger partial charge in [-0.05, 0) is 18.2 Å². The number of carbonyl (C=O) groups excluding carboxylic acids is 3. The molecule has 1 aromatic rings. The molecule has 3 rings (SSSR count). The van der Waals surface area contributed by atoms with E-state index in [0.717, 1.165) is 12.0 Å². The molecule has 2 amide bonds. The van der Waals surface area contributed by atoms with Gasteiger partial charge in [0.2, 0.25) is 5.91 Å². The number of imide groups is 1. The van der Waals surface area contributed by atoms with Crippen molar-refractivity contribution in [3.8, 4) is 0 Å². The van der Waals surface area contributed by atoms with Gasteiger partial charge in [0.25, 0.3) is 5.91 Å². The zero-order valence-electron chi connectivity index (χ0n) is 12.0. The zero-order chi connectivity index (χ0) is 17.6.